The molecule has 7 heteroatoms. The Kier molecular flexibility index (Phi) is 5.43. The molecule has 1 amide bonds. The maximum absolute atomic E-state index is 13.7. The van der Waals surface area contributed by atoms with Gasteiger partial charge in [-0.2, -0.15) is 4.98 Å². The van der Waals surface area contributed by atoms with Crippen LogP contribution in [0, 0.1) is 12.7 Å². The summed E-state index contributed by atoms with van der Waals surface area (Å²) in [4.78, 5) is 20.3. The van der Waals surface area contributed by atoms with E-state index >= 15 is 0 Å². The number of benzene rings is 1. The molecule has 6 nitrogen and oxygen atoms in total. The number of hydrogen-bond donors (Lipinski definition) is 0. The van der Waals surface area contributed by atoms with Crippen molar-refractivity contribution in [3.05, 3.63) is 35.5 Å². The SMILES string of the molecule is CCC(=O)N1CCCN(Cc2nc(-c3ccc(C)c(F)c3)no2)CC1. The van der Waals surface area contributed by atoms with Crippen LogP contribution in [0.15, 0.2) is 22.7 Å². The molecule has 1 saturated heterocycles. The Hall–Kier alpha value is -2.28. The summed E-state index contributed by atoms with van der Waals surface area (Å²) in [5.74, 6) is 0.818. The molecule has 1 aliphatic heterocycles. The first-order valence-electron chi connectivity index (χ1n) is 8.66. The average Bonchev–Trinajstić information content (AvgIpc) is 2.95. The van der Waals surface area contributed by atoms with Crippen LogP contribution in [-0.2, 0) is 11.3 Å². The fraction of sp³-hybridized carbons (Fsp3) is 0.500. The second-order valence-corrected chi connectivity index (χ2v) is 6.34. The van der Waals surface area contributed by atoms with Gasteiger partial charge in [-0.05, 0) is 25.0 Å². The number of amides is 1. The molecule has 1 fully saturated rings. The van der Waals surface area contributed by atoms with E-state index in [9.17, 15) is 9.18 Å². The Bertz CT molecular complexity index is 746. The molecular weight excluding hydrogens is 323 g/mol. The van der Waals surface area contributed by atoms with Crippen molar-refractivity contribution in [2.75, 3.05) is 26.2 Å². The van der Waals surface area contributed by atoms with Crippen LogP contribution in [-0.4, -0.2) is 52.0 Å². The van der Waals surface area contributed by atoms with E-state index in [0.29, 0.717) is 35.8 Å². The van der Waals surface area contributed by atoms with Crippen LogP contribution in [0.2, 0.25) is 0 Å². The van der Waals surface area contributed by atoms with Gasteiger partial charge in [0.1, 0.15) is 5.82 Å². The molecule has 1 aliphatic rings. The largest absolute Gasteiger partial charge is 0.341 e. The Morgan fingerprint density at radius 2 is 2.12 bits per heavy atom. The molecule has 25 heavy (non-hydrogen) atoms. The van der Waals surface area contributed by atoms with E-state index in [1.54, 1.807) is 19.1 Å². The summed E-state index contributed by atoms with van der Waals surface area (Å²) in [6.07, 6.45) is 1.47. The van der Waals surface area contributed by atoms with Crippen LogP contribution >= 0.6 is 0 Å². The van der Waals surface area contributed by atoms with Gasteiger partial charge in [0.25, 0.3) is 0 Å². The summed E-state index contributed by atoms with van der Waals surface area (Å²) >= 11 is 0. The minimum absolute atomic E-state index is 0.198. The van der Waals surface area contributed by atoms with E-state index in [1.807, 2.05) is 11.8 Å². The molecule has 1 aromatic heterocycles. The van der Waals surface area contributed by atoms with Crippen molar-refractivity contribution in [3.8, 4) is 11.4 Å². The van der Waals surface area contributed by atoms with Gasteiger partial charge in [0.2, 0.25) is 17.6 Å². The highest BCUT2D eigenvalue weighted by Gasteiger charge is 2.20. The fourth-order valence-electron chi connectivity index (χ4n) is 2.96. The lowest BCUT2D eigenvalue weighted by Gasteiger charge is -2.20. The highest BCUT2D eigenvalue weighted by Crippen LogP contribution is 2.19. The van der Waals surface area contributed by atoms with Crippen LogP contribution in [0.3, 0.4) is 0 Å². The zero-order chi connectivity index (χ0) is 17.8. The predicted molar refractivity (Wildman–Crippen MR) is 91.2 cm³/mol. The molecule has 0 saturated carbocycles. The number of aromatic nitrogens is 2. The smallest absolute Gasteiger partial charge is 0.241 e. The number of nitrogens with zero attached hydrogens (tertiary/aromatic N) is 4. The highest BCUT2D eigenvalue weighted by atomic mass is 19.1. The minimum Gasteiger partial charge on any atom is -0.341 e. The lowest BCUT2D eigenvalue weighted by Crippen LogP contribution is -2.34. The molecule has 1 aromatic carbocycles. The topological polar surface area (TPSA) is 62.5 Å². The molecule has 0 radical (unpaired) electrons. The summed E-state index contributed by atoms with van der Waals surface area (Å²) in [6, 6.07) is 4.91. The third-order valence-corrected chi connectivity index (χ3v) is 4.50. The molecule has 2 heterocycles. The van der Waals surface area contributed by atoms with Crippen LogP contribution in [0.1, 0.15) is 31.2 Å². The quantitative estimate of drug-likeness (QED) is 0.852. The summed E-state index contributed by atoms with van der Waals surface area (Å²) in [7, 11) is 0. The lowest BCUT2D eigenvalue weighted by molar-refractivity contribution is -0.130. The molecular formula is C18H23FN4O2. The second kappa shape index (κ2) is 7.74. The molecule has 0 N–H and O–H groups in total. The molecule has 0 atom stereocenters. The van der Waals surface area contributed by atoms with Crippen LogP contribution < -0.4 is 0 Å². The second-order valence-electron chi connectivity index (χ2n) is 6.34. The number of halogens is 1. The van der Waals surface area contributed by atoms with Crippen molar-refractivity contribution in [2.24, 2.45) is 0 Å². The summed E-state index contributed by atoms with van der Waals surface area (Å²) in [6.45, 7) is 7.31. The Balaban J connectivity index is 1.63. The van der Waals surface area contributed by atoms with Gasteiger partial charge in [0.05, 0.1) is 6.54 Å². The standard InChI is InChI=1S/C18H23FN4O2/c1-3-17(24)23-8-4-7-22(9-10-23)12-16-20-18(21-25-16)14-6-5-13(2)15(19)11-14/h5-6,11H,3-4,7-10,12H2,1-2H3. The van der Waals surface area contributed by atoms with Crippen LogP contribution in [0.5, 0.6) is 0 Å². The fourth-order valence-corrected chi connectivity index (χ4v) is 2.96. The molecule has 134 valence electrons. The van der Waals surface area contributed by atoms with Gasteiger partial charge >= 0.3 is 0 Å². The van der Waals surface area contributed by atoms with Crippen molar-refractivity contribution in [2.45, 2.75) is 33.2 Å². The molecule has 3 rings (SSSR count). The van der Waals surface area contributed by atoms with Gasteiger partial charge < -0.3 is 9.42 Å². The van der Waals surface area contributed by atoms with Crippen molar-refractivity contribution in [1.29, 1.82) is 0 Å². The predicted octanol–water partition coefficient (Wildman–Crippen LogP) is 2.63. The zero-order valence-corrected chi connectivity index (χ0v) is 14.7. The first-order valence-corrected chi connectivity index (χ1v) is 8.66. The zero-order valence-electron chi connectivity index (χ0n) is 14.7. The highest BCUT2D eigenvalue weighted by molar-refractivity contribution is 5.75. The van der Waals surface area contributed by atoms with Gasteiger partial charge in [-0.15, -0.1) is 0 Å². The lowest BCUT2D eigenvalue weighted by atomic mass is 10.1. The van der Waals surface area contributed by atoms with E-state index < -0.39 is 0 Å². The van der Waals surface area contributed by atoms with E-state index in [1.165, 1.54) is 6.07 Å². The number of carbonyl (C=O) groups is 1. The van der Waals surface area contributed by atoms with Crippen molar-refractivity contribution < 1.29 is 13.7 Å². The summed E-state index contributed by atoms with van der Waals surface area (Å²) < 4.78 is 19.0. The summed E-state index contributed by atoms with van der Waals surface area (Å²) in [5, 5.41) is 3.96. The van der Waals surface area contributed by atoms with Crippen LogP contribution in [0.4, 0.5) is 4.39 Å². The molecule has 0 spiro atoms. The number of carbonyl (C=O) groups excluding carboxylic acids is 1. The Morgan fingerprint density at radius 1 is 1.28 bits per heavy atom. The van der Waals surface area contributed by atoms with Gasteiger partial charge in [0.15, 0.2) is 0 Å². The molecule has 0 bridgehead atoms. The Morgan fingerprint density at radius 3 is 2.88 bits per heavy atom. The van der Waals surface area contributed by atoms with Crippen molar-refractivity contribution in [3.63, 3.8) is 0 Å². The number of aryl methyl sites for hydroxylation is 1. The van der Waals surface area contributed by atoms with Crippen LogP contribution in [0.25, 0.3) is 11.4 Å². The Labute approximate surface area is 146 Å². The summed E-state index contributed by atoms with van der Waals surface area (Å²) in [5.41, 5.74) is 1.19. The minimum atomic E-state index is -0.281. The van der Waals surface area contributed by atoms with Crippen molar-refractivity contribution >= 4 is 5.91 Å². The maximum Gasteiger partial charge on any atom is 0.241 e. The average molecular weight is 346 g/mol. The van der Waals surface area contributed by atoms with E-state index in [2.05, 4.69) is 15.0 Å². The first-order chi connectivity index (χ1) is 12.1. The normalized spacial score (nSPS) is 16.0. The van der Waals surface area contributed by atoms with Gasteiger partial charge in [-0.25, -0.2) is 4.39 Å². The third kappa shape index (κ3) is 4.22. The first kappa shape index (κ1) is 17.5. The van der Waals surface area contributed by atoms with Gasteiger partial charge in [-0.1, -0.05) is 24.2 Å². The van der Waals surface area contributed by atoms with Crippen molar-refractivity contribution in [1.82, 2.24) is 19.9 Å². The van der Waals surface area contributed by atoms with E-state index in [4.69, 9.17) is 4.52 Å². The van der Waals surface area contributed by atoms with E-state index in [0.717, 1.165) is 32.6 Å². The van der Waals surface area contributed by atoms with Gasteiger partial charge in [-0.3, -0.25) is 9.69 Å². The monoisotopic (exact) mass is 346 g/mol. The van der Waals surface area contributed by atoms with Gasteiger partial charge in [0, 0.05) is 38.2 Å². The third-order valence-electron chi connectivity index (χ3n) is 4.50. The molecule has 0 aliphatic carbocycles. The number of rotatable bonds is 4. The molecule has 0 unspecified atom stereocenters. The number of hydrogen-bond acceptors (Lipinski definition) is 5. The molecule has 2 aromatic rings. The van der Waals surface area contributed by atoms with E-state index in [-0.39, 0.29) is 11.7 Å². The maximum atomic E-state index is 13.7.